The molecule has 3 heteroatoms. The first-order chi connectivity index (χ1) is 5.06. The summed E-state index contributed by atoms with van der Waals surface area (Å²) in [6, 6.07) is 0. The second kappa shape index (κ2) is 2.65. The average Bonchev–Trinajstić information content (AvgIpc) is 2.36. The lowest BCUT2D eigenvalue weighted by Gasteiger charge is -2.11. The van der Waals surface area contributed by atoms with E-state index in [2.05, 4.69) is 10.9 Å². The third kappa shape index (κ3) is 1.59. The predicted molar refractivity (Wildman–Crippen MR) is 45.3 cm³/mol. The Labute approximate surface area is 69.9 Å². The second-order valence-electron chi connectivity index (χ2n) is 2.49. The summed E-state index contributed by atoms with van der Waals surface area (Å²) >= 11 is 1.42. The molecule has 58 valence electrons. The highest BCUT2D eigenvalue weighted by atomic mass is 32.1. The minimum atomic E-state index is -1.21. The Morgan fingerprint density at radius 1 is 1.82 bits per heavy atom. The van der Waals surface area contributed by atoms with Crippen molar-refractivity contribution in [3.63, 3.8) is 0 Å². The Morgan fingerprint density at radius 2 is 2.45 bits per heavy atom. The van der Waals surface area contributed by atoms with Crippen molar-refractivity contribution in [2.45, 2.75) is 19.4 Å². The molecule has 0 spiro atoms. The van der Waals surface area contributed by atoms with Crippen molar-refractivity contribution in [1.29, 1.82) is 0 Å². The van der Waals surface area contributed by atoms with Gasteiger partial charge in [-0.2, -0.15) is 0 Å². The van der Waals surface area contributed by atoms with Crippen molar-refractivity contribution in [2.24, 2.45) is 0 Å². The van der Waals surface area contributed by atoms with Crippen LogP contribution in [0, 0.1) is 19.3 Å². The quantitative estimate of drug-likeness (QED) is 0.639. The topological polar surface area (TPSA) is 33.1 Å². The highest BCUT2D eigenvalue weighted by molar-refractivity contribution is 7.11. The summed E-state index contributed by atoms with van der Waals surface area (Å²) in [6.45, 7) is 3.49. The standard InChI is InChI=1S/C8H9NOS/c1-4-8(3,10)7-9-5-6(2)11-7/h1,5,10H,2-3H3. The van der Waals surface area contributed by atoms with Crippen LogP contribution in [-0.2, 0) is 5.60 Å². The predicted octanol–water partition coefficient (Wildman–Crippen LogP) is 1.29. The SMILES string of the molecule is C#CC(C)(O)c1ncc(C)s1. The molecule has 1 aromatic heterocycles. The maximum Gasteiger partial charge on any atom is 0.174 e. The zero-order valence-electron chi connectivity index (χ0n) is 6.46. The van der Waals surface area contributed by atoms with E-state index in [0.29, 0.717) is 5.01 Å². The van der Waals surface area contributed by atoms with E-state index in [9.17, 15) is 5.11 Å². The molecule has 11 heavy (non-hydrogen) atoms. The lowest BCUT2D eigenvalue weighted by molar-refractivity contribution is 0.122. The van der Waals surface area contributed by atoms with Gasteiger partial charge in [0.15, 0.2) is 5.60 Å². The number of terminal acetylenes is 1. The Bertz CT molecular complexity index is 295. The van der Waals surface area contributed by atoms with Gasteiger partial charge in [-0.1, -0.05) is 5.92 Å². The van der Waals surface area contributed by atoms with Gasteiger partial charge in [0.25, 0.3) is 0 Å². The van der Waals surface area contributed by atoms with Crippen molar-refractivity contribution in [3.8, 4) is 12.3 Å². The van der Waals surface area contributed by atoms with Crippen LogP contribution in [0.15, 0.2) is 6.20 Å². The summed E-state index contributed by atoms with van der Waals surface area (Å²) in [6.07, 6.45) is 6.81. The van der Waals surface area contributed by atoms with Crippen molar-refractivity contribution in [3.05, 3.63) is 16.1 Å². The van der Waals surface area contributed by atoms with Crippen LogP contribution < -0.4 is 0 Å². The summed E-state index contributed by atoms with van der Waals surface area (Å²) in [7, 11) is 0. The highest BCUT2D eigenvalue weighted by Crippen LogP contribution is 2.23. The van der Waals surface area contributed by atoms with Crippen molar-refractivity contribution >= 4 is 11.3 Å². The fourth-order valence-corrected chi connectivity index (χ4v) is 1.41. The summed E-state index contributed by atoms with van der Waals surface area (Å²) < 4.78 is 0. The normalized spacial score (nSPS) is 15.5. The van der Waals surface area contributed by atoms with Crippen LogP contribution in [0.5, 0.6) is 0 Å². The first-order valence-corrected chi connectivity index (χ1v) is 4.01. The van der Waals surface area contributed by atoms with E-state index in [-0.39, 0.29) is 0 Å². The Balaban J connectivity index is 3.04. The monoisotopic (exact) mass is 167 g/mol. The molecule has 0 aliphatic heterocycles. The number of rotatable bonds is 1. The molecule has 0 aliphatic rings. The molecule has 1 heterocycles. The van der Waals surface area contributed by atoms with Crippen LogP contribution in [0.4, 0.5) is 0 Å². The first-order valence-electron chi connectivity index (χ1n) is 3.19. The summed E-state index contributed by atoms with van der Waals surface area (Å²) in [5.74, 6) is 2.27. The number of aryl methyl sites for hydroxylation is 1. The molecule has 0 amide bonds. The number of aromatic nitrogens is 1. The van der Waals surface area contributed by atoms with Gasteiger partial charge in [-0.15, -0.1) is 17.8 Å². The van der Waals surface area contributed by atoms with Crippen molar-refractivity contribution < 1.29 is 5.11 Å². The van der Waals surface area contributed by atoms with Crippen LogP contribution >= 0.6 is 11.3 Å². The Kier molecular flexibility index (Phi) is 1.99. The van der Waals surface area contributed by atoms with E-state index in [1.54, 1.807) is 13.1 Å². The minimum Gasteiger partial charge on any atom is -0.371 e. The molecule has 0 bridgehead atoms. The smallest absolute Gasteiger partial charge is 0.174 e. The maximum atomic E-state index is 9.52. The van der Waals surface area contributed by atoms with Gasteiger partial charge in [-0.3, -0.25) is 0 Å². The zero-order chi connectivity index (χ0) is 8.48. The van der Waals surface area contributed by atoms with Gasteiger partial charge in [-0.05, 0) is 13.8 Å². The lowest BCUT2D eigenvalue weighted by atomic mass is 10.1. The molecule has 0 radical (unpaired) electrons. The van der Waals surface area contributed by atoms with E-state index in [1.807, 2.05) is 6.92 Å². The van der Waals surface area contributed by atoms with Crippen LogP contribution in [0.25, 0.3) is 0 Å². The fourth-order valence-electron chi connectivity index (χ4n) is 0.642. The molecule has 1 atom stereocenters. The zero-order valence-corrected chi connectivity index (χ0v) is 7.27. The molecule has 0 fully saturated rings. The molecule has 0 aliphatic carbocycles. The molecule has 1 unspecified atom stereocenters. The van der Waals surface area contributed by atoms with E-state index >= 15 is 0 Å². The highest BCUT2D eigenvalue weighted by Gasteiger charge is 2.22. The first kappa shape index (κ1) is 8.25. The Morgan fingerprint density at radius 3 is 2.82 bits per heavy atom. The van der Waals surface area contributed by atoms with Gasteiger partial charge in [0, 0.05) is 11.1 Å². The summed E-state index contributed by atoms with van der Waals surface area (Å²) in [4.78, 5) is 5.04. The molecule has 1 rings (SSSR count). The van der Waals surface area contributed by atoms with Gasteiger partial charge in [0.05, 0.1) is 0 Å². The lowest BCUT2D eigenvalue weighted by Crippen LogP contribution is -2.17. The van der Waals surface area contributed by atoms with Crippen LogP contribution in [0.3, 0.4) is 0 Å². The Hall–Kier alpha value is -0.850. The molecule has 2 nitrogen and oxygen atoms in total. The number of aliphatic hydroxyl groups is 1. The molecule has 1 aromatic rings. The van der Waals surface area contributed by atoms with Gasteiger partial charge in [0.2, 0.25) is 0 Å². The minimum absolute atomic E-state index is 0.581. The third-order valence-corrected chi connectivity index (χ3v) is 2.44. The largest absolute Gasteiger partial charge is 0.371 e. The maximum absolute atomic E-state index is 9.52. The third-order valence-electron chi connectivity index (χ3n) is 1.32. The fraction of sp³-hybridized carbons (Fsp3) is 0.375. The summed E-state index contributed by atoms with van der Waals surface area (Å²) in [5.41, 5.74) is -1.21. The molecule has 1 N–H and O–H groups in total. The van der Waals surface area contributed by atoms with E-state index in [4.69, 9.17) is 6.42 Å². The number of nitrogens with zero attached hydrogens (tertiary/aromatic N) is 1. The number of hydrogen-bond donors (Lipinski definition) is 1. The summed E-state index contributed by atoms with van der Waals surface area (Å²) in [5, 5.41) is 10.1. The van der Waals surface area contributed by atoms with Gasteiger partial charge in [-0.25, -0.2) is 4.98 Å². The number of hydrogen-bond acceptors (Lipinski definition) is 3. The molecular formula is C8H9NOS. The second-order valence-corrected chi connectivity index (χ2v) is 3.73. The average molecular weight is 167 g/mol. The van der Waals surface area contributed by atoms with Crippen molar-refractivity contribution in [1.82, 2.24) is 4.98 Å². The van der Waals surface area contributed by atoms with Gasteiger partial charge >= 0.3 is 0 Å². The van der Waals surface area contributed by atoms with E-state index in [1.165, 1.54) is 11.3 Å². The van der Waals surface area contributed by atoms with Gasteiger partial charge in [0.1, 0.15) is 5.01 Å². The van der Waals surface area contributed by atoms with Crippen LogP contribution in [-0.4, -0.2) is 10.1 Å². The van der Waals surface area contributed by atoms with Crippen LogP contribution in [0.1, 0.15) is 16.8 Å². The van der Waals surface area contributed by atoms with E-state index < -0.39 is 5.60 Å². The molecule has 0 saturated heterocycles. The number of thiazole rings is 1. The van der Waals surface area contributed by atoms with Crippen molar-refractivity contribution in [2.75, 3.05) is 0 Å². The molecule has 0 aromatic carbocycles. The molecule has 0 saturated carbocycles. The molecular weight excluding hydrogens is 158 g/mol. The van der Waals surface area contributed by atoms with E-state index in [0.717, 1.165) is 4.88 Å². The van der Waals surface area contributed by atoms with Gasteiger partial charge < -0.3 is 5.11 Å². The van der Waals surface area contributed by atoms with Crippen LogP contribution in [0.2, 0.25) is 0 Å².